The van der Waals surface area contributed by atoms with Crippen molar-refractivity contribution in [2.45, 2.75) is 13.3 Å². The molecule has 3 rings (SSSR count). The minimum atomic E-state index is -0.909. The summed E-state index contributed by atoms with van der Waals surface area (Å²) in [5.74, 6) is -1.45. The van der Waals surface area contributed by atoms with E-state index in [4.69, 9.17) is 4.52 Å². The van der Waals surface area contributed by atoms with Gasteiger partial charge in [-0.05, 0) is 25.2 Å². The van der Waals surface area contributed by atoms with Crippen molar-refractivity contribution in [1.29, 1.82) is 0 Å². The van der Waals surface area contributed by atoms with Gasteiger partial charge in [0.2, 0.25) is 5.91 Å². The van der Waals surface area contributed by atoms with E-state index in [1.165, 1.54) is 0 Å². The lowest BCUT2D eigenvalue weighted by molar-refractivity contribution is -0.146. The second kappa shape index (κ2) is 4.22. The van der Waals surface area contributed by atoms with Crippen LogP contribution in [-0.4, -0.2) is 22.1 Å². The number of carbonyl (C=O) groups is 2. The van der Waals surface area contributed by atoms with Gasteiger partial charge in [0, 0.05) is 6.07 Å². The highest BCUT2D eigenvalue weighted by Crippen LogP contribution is 2.48. The molecule has 1 fully saturated rings. The van der Waals surface area contributed by atoms with Crippen LogP contribution in [0.5, 0.6) is 0 Å². The van der Waals surface area contributed by atoms with Crippen LogP contribution in [0.15, 0.2) is 22.7 Å². The fourth-order valence-electron chi connectivity index (χ4n) is 3.15. The normalized spacial score (nSPS) is 31.6. The zero-order valence-corrected chi connectivity index (χ0v) is 10.4. The van der Waals surface area contributed by atoms with E-state index >= 15 is 0 Å². The Morgan fingerprint density at radius 2 is 2.05 bits per heavy atom. The van der Waals surface area contributed by atoms with E-state index in [-0.39, 0.29) is 17.7 Å². The van der Waals surface area contributed by atoms with Gasteiger partial charge in [0.15, 0.2) is 5.82 Å². The van der Waals surface area contributed by atoms with Crippen LogP contribution < -0.4 is 5.32 Å². The number of hydrogen-bond donors (Lipinski definition) is 2. The number of aryl methyl sites for hydroxylation is 1. The van der Waals surface area contributed by atoms with Gasteiger partial charge in [-0.2, -0.15) is 0 Å². The molecule has 0 saturated heterocycles. The van der Waals surface area contributed by atoms with Crippen LogP contribution in [0.4, 0.5) is 5.82 Å². The first-order valence-electron chi connectivity index (χ1n) is 6.21. The van der Waals surface area contributed by atoms with Gasteiger partial charge in [-0.15, -0.1) is 0 Å². The van der Waals surface area contributed by atoms with E-state index < -0.39 is 17.8 Å². The van der Waals surface area contributed by atoms with Gasteiger partial charge in [-0.25, -0.2) is 0 Å². The summed E-state index contributed by atoms with van der Waals surface area (Å²) in [7, 11) is 0. The number of anilines is 1. The predicted octanol–water partition coefficient (Wildman–Crippen LogP) is 1.44. The van der Waals surface area contributed by atoms with Crippen molar-refractivity contribution in [3.05, 3.63) is 24.0 Å². The van der Waals surface area contributed by atoms with Gasteiger partial charge in [0.05, 0.1) is 11.8 Å². The van der Waals surface area contributed by atoms with Crippen molar-refractivity contribution in [2.24, 2.45) is 23.7 Å². The van der Waals surface area contributed by atoms with Crippen molar-refractivity contribution in [1.82, 2.24) is 5.16 Å². The maximum Gasteiger partial charge on any atom is 0.307 e. The molecule has 2 aliphatic carbocycles. The molecule has 1 heterocycles. The topological polar surface area (TPSA) is 92.4 Å². The summed E-state index contributed by atoms with van der Waals surface area (Å²) >= 11 is 0. The predicted molar refractivity (Wildman–Crippen MR) is 65.2 cm³/mol. The Morgan fingerprint density at radius 3 is 2.63 bits per heavy atom. The number of carbonyl (C=O) groups excluding carboxylic acids is 1. The summed E-state index contributed by atoms with van der Waals surface area (Å²) < 4.78 is 4.87. The van der Waals surface area contributed by atoms with E-state index in [9.17, 15) is 14.7 Å². The number of fused-ring (bicyclic) bond motifs is 2. The van der Waals surface area contributed by atoms with E-state index in [0.717, 1.165) is 6.42 Å². The fraction of sp³-hybridized carbons (Fsp3) is 0.462. The summed E-state index contributed by atoms with van der Waals surface area (Å²) in [4.78, 5) is 23.6. The molecular formula is C13H14N2O4. The molecule has 1 saturated carbocycles. The number of carboxylic acids is 1. The summed E-state index contributed by atoms with van der Waals surface area (Å²) in [6.07, 6.45) is 4.60. The van der Waals surface area contributed by atoms with Gasteiger partial charge in [0.25, 0.3) is 0 Å². The van der Waals surface area contributed by atoms with Crippen molar-refractivity contribution < 1.29 is 19.2 Å². The van der Waals surface area contributed by atoms with E-state index in [2.05, 4.69) is 10.5 Å². The number of carboxylic acid groups (broad SMARTS) is 1. The Morgan fingerprint density at radius 1 is 1.37 bits per heavy atom. The Labute approximate surface area is 109 Å². The summed E-state index contributed by atoms with van der Waals surface area (Å²) in [5.41, 5.74) is 0. The molecule has 19 heavy (non-hydrogen) atoms. The van der Waals surface area contributed by atoms with E-state index in [0.29, 0.717) is 11.6 Å². The molecule has 6 nitrogen and oxygen atoms in total. The van der Waals surface area contributed by atoms with Gasteiger partial charge in [-0.1, -0.05) is 17.3 Å². The molecular weight excluding hydrogens is 248 g/mol. The SMILES string of the molecule is Cc1cc(NC(=O)[C@@H]2[C@@H](C(=O)O)[C@H]3C=C[C@@H]2C3)no1. The maximum atomic E-state index is 12.2. The van der Waals surface area contributed by atoms with Crippen LogP contribution in [-0.2, 0) is 9.59 Å². The quantitative estimate of drug-likeness (QED) is 0.804. The number of hydrogen-bond acceptors (Lipinski definition) is 4. The van der Waals surface area contributed by atoms with Crippen LogP contribution in [0, 0.1) is 30.6 Å². The lowest BCUT2D eigenvalue weighted by Gasteiger charge is -2.23. The molecule has 0 aliphatic heterocycles. The average Bonchev–Trinajstić information content (AvgIpc) is 3.03. The summed E-state index contributed by atoms with van der Waals surface area (Å²) in [6.45, 7) is 1.73. The number of amides is 1. The van der Waals surface area contributed by atoms with Crippen LogP contribution in [0.25, 0.3) is 0 Å². The second-order valence-electron chi connectivity index (χ2n) is 5.15. The highest BCUT2D eigenvalue weighted by Gasteiger charge is 2.51. The number of rotatable bonds is 3. The zero-order chi connectivity index (χ0) is 13.6. The highest BCUT2D eigenvalue weighted by molar-refractivity contribution is 5.95. The average molecular weight is 262 g/mol. The first-order chi connectivity index (χ1) is 9.06. The molecule has 1 aromatic heterocycles. The first kappa shape index (κ1) is 12.0. The minimum Gasteiger partial charge on any atom is -0.481 e. The minimum absolute atomic E-state index is 0.0131. The molecule has 2 aliphatic rings. The Balaban J connectivity index is 1.79. The lowest BCUT2D eigenvalue weighted by atomic mass is 9.82. The summed E-state index contributed by atoms with van der Waals surface area (Å²) in [5, 5.41) is 15.6. The molecule has 1 aromatic rings. The monoisotopic (exact) mass is 262 g/mol. The molecule has 2 N–H and O–H groups in total. The third kappa shape index (κ3) is 1.93. The lowest BCUT2D eigenvalue weighted by Crippen LogP contribution is -2.36. The molecule has 1 amide bonds. The van der Waals surface area contributed by atoms with Crippen molar-refractivity contribution in [3.8, 4) is 0 Å². The van der Waals surface area contributed by atoms with Gasteiger partial charge < -0.3 is 14.9 Å². The van der Waals surface area contributed by atoms with Crippen LogP contribution in [0.1, 0.15) is 12.2 Å². The molecule has 100 valence electrons. The molecule has 2 bridgehead atoms. The maximum absolute atomic E-state index is 12.2. The fourth-order valence-corrected chi connectivity index (χ4v) is 3.15. The molecule has 0 spiro atoms. The zero-order valence-electron chi connectivity index (χ0n) is 10.4. The van der Waals surface area contributed by atoms with Crippen molar-refractivity contribution in [2.75, 3.05) is 5.32 Å². The molecule has 6 heteroatoms. The number of nitrogens with zero attached hydrogens (tertiary/aromatic N) is 1. The summed E-state index contributed by atoms with van der Waals surface area (Å²) in [6, 6.07) is 1.61. The van der Waals surface area contributed by atoms with E-state index in [1.807, 2.05) is 12.2 Å². The standard InChI is InChI=1S/C13H14N2O4/c1-6-4-9(15-19-6)14-12(16)10-7-2-3-8(5-7)11(10)13(17)18/h2-4,7-8,10-11H,5H2,1H3,(H,17,18)(H,14,15,16)/t7-,8+,10+,11+/m1/s1. The number of allylic oxidation sites excluding steroid dienone is 2. The van der Waals surface area contributed by atoms with Gasteiger partial charge in [-0.3, -0.25) is 9.59 Å². The van der Waals surface area contributed by atoms with Crippen molar-refractivity contribution in [3.63, 3.8) is 0 Å². The molecule has 4 atom stereocenters. The number of aromatic nitrogens is 1. The Hall–Kier alpha value is -2.11. The largest absolute Gasteiger partial charge is 0.481 e. The van der Waals surface area contributed by atoms with Gasteiger partial charge >= 0.3 is 5.97 Å². The highest BCUT2D eigenvalue weighted by atomic mass is 16.5. The Bertz CT molecular complexity index is 563. The number of aliphatic carboxylic acids is 1. The smallest absolute Gasteiger partial charge is 0.307 e. The van der Waals surface area contributed by atoms with E-state index in [1.54, 1.807) is 13.0 Å². The van der Waals surface area contributed by atoms with Crippen LogP contribution >= 0.6 is 0 Å². The van der Waals surface area contributed by atoms with Gasteiger partial charge in [0.1, 0.15) is 5.76 Å². The third-order valence-electron chi connectivity index (χ3n) is 3.93. The number of nitrogens with one attached hydrogen (secondary N) is 1. The van der Waals surface area contributed by atoms with Crippen LogP contribution in [0.2, 0.25) is 0 Å². The van der Waals surface area contributed by atoms with Crippen molar-refractivity contribution >= 4 is 17.7 Å². The Kier molecular flexibility index (Phi) is 2.66. The third-order valence-corrected chi connectivity index (χ3v) is 3.93. The second-order valence-corrected chi connectivity index (χ2v) is 5.15. The van der Waals surface area contributed by atoms with Crippen LogP contribution in [0.3, 0.4) is 0 Å². The molecule has 0 unspecified atom stereocenters. The first-order valence-corrected chi connectivity index (χ1v) is 6.21. The molecule has 0 radical (unpaired) electrons. The molecule has 0 aromatic carbocycles.